The number of nitrogens with zero attached hydrogens (tertiary/aromatic N) is 2. The first-order chi connectivity index (χ1) is 8.29. The van der Waals surface area contributed by atoms with Gasteiger partial charge in [0.2, 0.25) is 5.88 Å². The van der Waals surface area contributed by atoms with Gasteiger partial charge in [-0.1, -0.05) is 6.07 Å². The molecule has 2 heterocycles. The number of aromatic nitrogens is 2. The molecule has 0 saturated carbocycles. The van der Waals surface area contributed by atoms with Crippen LogP contribution in [0.4, 0.5) is 0 Å². The highest BCUT2D eigenvalue weighted by Crippen LogP contribution is 2.21. The molecule has 0 radical (unpaired) electrons. The van der Waals surface area contributed by atoms with Crippen molar-refractivity contribution in [2.75, 3.05) is 7.05 Å². The summed E-state index contributed by atoms with van der Waals surface area (Å²) in [7, 11) is 1.89. The molecule has 0 aliphatic carbocycles. The van der Waals surface area contributed by atoms with Crippen LogP contribution in [0, 0.1) is 6.92 Å². The van der Waals surface area contributed by atoms with Crippen molar-refractivity contribution in [2.45, 2.75) is 13.5 Å². The van der Waals surface area contributed by atoms with Gasteiger partial charge in [-0.15, -0.1) is 0 Å². The minimum Gasteiger partial charge on any atom is -0.437 e. The fraction of sp³-hybridized carbons (Fsp3) is 0.231. The maximum atomic E-state index is 5.70. The van der Waals surface area contributed by atoms with E-state index in [0.717, 1.165) is 17.8 Å². The molecule has 0 saturated heterocycles. The summed E-state index contributed by atoms with van der Waals surface area (Å²) in [6.45, 7) is 2.67. The summed E-state index contributed by atoms with van der Waals surface area (Å²) in [4.78, 5) is 8.41. The Morgan fingerprint density at radius 1 is 1.24 bits per heavy atom. The number of hydrogen-bond acceptors (Lipinski definition) is 4. The highest BCUT2D eigenvalue weighted by Gasteiger charge is 2.05. The Kier molecular flexibility index (Phi) is 3.67. The predicted molar refractivity (Wildman–Crippen MR) is 66.0 cm³/mol. The zero-order chi connectivity index (χ0) is 12.1. The highest BCUT2D eigenvalue weighted by atomic mass is 16.5. The number of aryl methyl sites for hydroxylation is 1. The van der Waals surface area contributed by atoms with Crippen molar-refractivity contribution in [3.63, 3.8) is 0 Å². The van der Waals surface area contributed by atoms with Gasteiger partial charge >= 0.3 is 0 Å². The summed E-state index contributed by atoms with van der Waals surface area (Å²) in [5.41, 5.74) is 1.99. The summed E-state index contributed by atoms with van der Waals surface area (Å²) in [6.07, 6.45) is 3.42. The molecule has 0 spiro atoms. The van der Waals surface area contributed by atoms with E-state index >= 15 is 0 Å². The molecule has 2 aromatic heterocycles. The summed E-state index contributed by atoms with van der Waals surface area (Å²) >= 11 is 0. The predicted octanol–water partition coefficient (Wildman–Crippen LogP) is 2.30. The smallest absolute Gasteiger partial charge is 0.223 e. The Labute approximate surface area is 101 Å². The van der Waals surface area contributed by atoms with Gasteiger partial charge < -0.3 is 10.1 Å². The summed E-state index contributed by atoms with van der Waals surface area (Å²) < 4.78 is 5.70. The van der Waals surface area contributed by atoms with Crippen LogP contribution in [0.15, 0.2) is 36.7 Å². The van der Waals surface area contributed by atoms with E-state index in [2.05, 4.69) is 15.3 Å². The van der Waals surface area contributed by atoms with Crippen LogP contribution in [0.3, 0.4) is 0 Å². The van der Waals surface area contributed by atoms with Crippen molar-refractivity contribution in [3.05, 3.63) is 47.9 Å². The topological polar surface area (TPSA) is 47.0 Å². The zero-order valence-electron chi connectivity index (χ0n) is 9.97. The molecule has 2 rings (SSSR count). The summed E-state index contributed by atoms with van der Waals surface area (Å²) in [6, 6.07) is 7.68. The molecule has 0 aromatic carbocycles. The van der Waals surface area contributed by atoms with Crippen LogP contribution in [-0.2, 0) is 6.54 Å². The molecule has 1 N–H and O–H groups in total. The van der Waals surface area contributed by atoms with Crippen molar-refractivity contribution >= 4 is 0 Å². The van der Waals surface area contributed by atoms with E-state index < -0.39 is 0 Å². The molecule has 2 aromatic rings. The number of ether oxygens (including phenoxy) is 1. The number of rotatable bonds is 4. The van der Waals surface area contributed by atoms with Gasteiger partial charge in [0.1, 0.15) is 5.75 Å². The van der Waals surface area contributed by atoms with Crippen LogP contribution in [0.2, 0.25) is 0 Å². The Bertz CT molecular complexity index is 482. The third kappa shape index (κ3) is 3.01. The van der Waals surface area contributed by atoms with Crippen LogP contribution in [-0.4, -0.2) is 17.0 Å². The van der Waals surface area contributed by atoms with Gasteiger partial charge in [0.05, 0.1) is 6.20 Å². The summed E-state index contributed by atoms with van der Waals surface area (Å²) in [5.74, 6) is 1.32. The molecule has 0 aliphatic rings. The van der Waals surface area contributed by atoms with Gasteiger partial charge in [-0.05, 0) is 32.2 Å². The second kappa shape index (κ2) is 5.41. The fourth-order valence-corrected chi connectivity index (χ4v) is 1.47. The average Bonchev–Trinajstić information content (AvgIpc) is 2.35. The fourth-order valence-electron chi connectivity index (χ4n) is 1.47. The second-order valence-electron chi connectivity index (χ2n) is 3.74. The quantitative estimate of drug-likeness (QED) is 0.873. The van der Waals surface area contributed by atoms with Gasteiger partial charge in [0.15, 0.2) is 0 Å². The number of nitrogens with one attached hydrogen (secondary N) is 1. The van der Waals surface area contributed by atoms with Crippen molar-refractivity contribution in [1.82, 2.24) is 15.3 Å². The monoisotopic (exact) mass is 229 g/mol. The van der Waals surface area contributed by atoms with Crippen molar-refractivity contribution < 1.29 is 4.74 Å². The molecule has 4 nitrogen and oxygen atoms in total. The molecule has 0 unspecified atom stereocenters. The maximum absolute atomic E-state index is 5.70. The normalized spacial score (nSPS) is 10.2. The molecular weight excluding hydrogens is 214 g/mol. The van der Waals surface area contributed by atoms with Crippen LogP contribution >= 0.6 is 0 Å². The Morgan fingerprint density at radius 3 is 2.82 bits per heavy atom. The standard InChI is InChI=1S/C13H15N3O/c1-10-5-6-12(9-16-10)17-13-11(8-14-2)4-3-7-15-13/h3-7,9,14H,8H2,1-2H3. The molecule has 0 amide bonds. The first kappa shape index (κ1) is 11.5. The third-order valence-corrected chi connectivity index (χ3v) is 2.32. The van der Waals surface area contributed by atoms with Gasteiger partial charge in [-0.3, -0.25) is 4.98 Å². The number of hydrogen-bond donors (Lipinski definition) is 1. The molecule has 4 heteroatoms. The molecule has 0 bridgehead atoms. The van der Waals surface area contributed by atoms with Crippen molar-refractivity contribution in [1.29, 1.82) is 0 Å². The SMILES string of the molecule is CNCc1cccnc1Oc1ccc(C)nc1. The minimum atomic E-state index is 0.618. The largest absolute Gasteiger partial charge is 0.437 e. The maximum Gasteiger partial charge on any atom is 0.223 e. The van der Waals surface area contributed by atoms with Crippen LogP contribution in [0.25, 0.3) is 0 Å². The lowest BCUT2D eigenvalue weighted by Gasteiger charge is -2.09. The van der Waals surface area contributed by atoms with Crippen LogP contribution in [0.1, 0.15) is 11.3 Å². The first-order valence-corrected chi connectivity index (χ1v) is 5.48. The van der Waals surface area contributed by atoms with E-state index in [1.165, 1.54) is 0 Å². The van der Waals surface area contributed by atoms with E-state index in [1.54, 1.807) is 12.4 Å². The molecular formula is C13H15N3O. The molecule has 17 heavy (non-hydrogen) atoms. The minimum absolute atomic E-state index is 0.618. The first-order valence-electron chi connectivity index (χ1n) is 5.48. The van der Waals surface area contributed by atoms with E-state index in [1.807, 2.05) is 38.2 Å². The summed E-state index contributed by atoms with van der Waals surface area (Å²) in [5, 5.41) is 3.08. The van der Waals surface area contributed by atoms with E-state index in [0.29, 0.717) is 11.6 Å². The van der Waals surface area contributed by atoms with E-state index in [4.69, 9.17) is 4.74 Å². The Morgan fingerprint density at radius 2 is 2.12 bits per heavy atom. The zero-order valence-corrected chi connectivity index (χ0v) is 9.97. The Balaban J connectivity index is 2.20. The number of pyridine rings is 2. The van der Waals surface area contributed by atoms with Gasteiger partial charge in [0, 0.05) is 24.0 Å². The molecule has 0 fully saturated rings. The van der Waals surface area contributed by atoms with E-state index in [9.17, 15) is 0 Å². The average molecular weight is 229 g/mol. The van der Waals surface area contributed by atoms with Crippen molar-refractivity contribution in [3.8, 4) is 11.6 Å². The Hall–Kier alpha value is -1.94. The van der Waals surface area contributed by atoms with Gasteiger partial charge in [-0.25, -0.2) is 4.98 Å². The third-order valence-electron chi connectivity index (χ3n) is 2.32. The molecule has 88 valence electrons. The lowest BCUT2D eigenvalue weighted by Crippen LogP contribution is -2.07. The highest BCUT2D eigenvalue weighted by molar-refractivity contribution is 5.31. The lowest BCUT2D eigenvalue weighted by atomic mass is 10.2. The lowest BCUT2D eigenvalue weighted by molar-refractivity contribution is 0.452. The second-order valence-corrected chi connectivity index (χ2v) is 3.74. The van der Waals surface area contributed by atoms with Crippen LogP contribution in [0.5, 0.6) is 11.6 Å². The van der Waals surface area contributed by atoms with Crippen LogP contribution < -0.4 is 10.1 Å². The molecule has 0 atom stereocenters. The van der Waals surface area contributed by atoms with Gasteiger partial charge in [0.25, 0.3) is 0 Å². The van der Waals surface area contributed by atoms with Gasteiger partial charge in [-0.2, -0.15) is 0 Å². The van der Waals surface area contributed by atoms with E-state index in [-0.39, 0.29) is 0 Å². The molecule has 0 aliphatic heterocycles. The van der Waals surface area contributed by atoms with Crippen molar-refractivity contribution in [2.24, 2.45) is 0 Å².